The van der Waals surface area contributed by atoms with Gasteiger partial charge in [0.05, 0.1) is 0 Å². The van der Waals surface area contributed by atoms with Crippen molar-refractivity contribution in [1.82, 2.24) is 0 Å². The number of carboxylic acids is 1. The van der Waals surface area contributed by atoms with Crippen LogP contribution in [-0.2, 0) is 11.2 Å². The van der Waals surface area contributed by atoms with Gasteiger partial charge >= 0.3 is 5.97 Å². The van der Waals surface area contributed by atoms with Gasteiger partial charge in [-0.25, -0.2) is 0 Å². The number of carboxylic acid groups (broad SMARTS) is 1. The van der Waals surface area contributed by atoms with Crippen molar-refractivity contribution in [3.8, 4) is 28.0 Å². The van der Waals surface area contributed by atoms with E-state index in [1.807, 2.05) is 18.2 Å². The molecule has 3 rings (SSSR count). The quantitative estimate of drug-likeness (QED) is 0.486. The topological polar surface area (TPSA) is 57.5 Å². The molecule has 0 amide bonds. The van der Waals surface area contributed by atoms with Crippen molar-refractivity contribution < 1.29 is 15.0 Å². The second kappa shape index (κ2) is 9.42. The van der Waals surface area contributed by atoms with Gasteiger partial charge in [-0.2, -0.15) is 0 Å². The minimum absolute atomic E-state index is 0. The van der Waals surface area contributed by atoms with Crippen LogP contribution in [0.1, 0.15) is 50.3 Å². The summed E-state index contributed by atoms with van der Waals surface area (Å²) in [5.74, 6) is -0.274. The molecule has 0 radical (unpaired) electrons. The van der Waals surface area contributed by atoms with Gasteiger partial charge in [0.15, 0.2) is 0 Å². The first-order valence-corrected chi connectivity index (χ1v) is 9.60. The van der Waals surface area contributed by atoms with Crippen molar-refractivity contribution in [2.75, 3.05) is 0 Å². The van der Waals surface area contributed by atoms with Crippen molar-refractivity contribution in [1.29, 1.82) is 0 Å². The van der Waals surface area contributed by atoms with Gasteiger partial charge in [0.25, 0.3) is 0 Å². The van der Waals surface area contributed by atoms with Crippen LogP contribution in [0.5, 0.6) is 5.75 Å². The zero-order valence-electron chi connectivity index (χ0n) is 16.6. The number of aliphatic carboxylic acids is 1. The highest BCUT2D eigenvalue weighted by Crippen LogP contribution is 2.35. The van der Waals surface area contributed by atoms with E-state index in [-0.39, 0.29) is 25.5 Å². The molecule has 0 heterocycles. The largest absolute Gasteiger partial charge is 0.508 e. The van der Waals surface area contributed by atoms with E-state index in [1.165, 1.54) is 5.56 Å². The Bertz CT molecular complexity index is 1000. The second-order valence-electron chi connectivity index (χ2n) is 7.56. The van der Waals surface area contributed by atoms with Crippen LogP contribution in [0.4, 0.5) is 0 Å². The Morgan fingerprint density at radius 2 is 1.62 bits per heavy atom. The fourth-order valence-electron chi connectivity index (χ4n) is 3.59. The number of benzene rings is 3. The molecule has 3 aromatic rings. The summed E-state index contributed by atoms with van der Waals surface area (Å²) in [7, 11) is 0. The molecule has 0 fully saturated rings. The van der Waals surface area contributed by atoms with Gasteiger partial charge in [0.1, 0.15) is 5.75 Å². The van der Waals surface area contributed by atoms with E-state index >= 15 is 0 Å². The molecule has 0 aliphatic heterocycles. The number of rotatable bonds is 6. The molecule has 0 saturated heterocycles. The molecule has 29 heavy (non-hydrogen) atoms. The van der Waals surface area contributed by atoms with Crippen LogP contribution in [0, 0.1) is 6.92 Å². The third kappa shape index (κ3) is 5.26. The van der Waals surface area contributed by atoms with Gasteiger partial charge in [0.2, 0.25) is 0 Å². The van der Waals surface area contributed by atoms with E-state index in [4.69, 9.17) is 0 Å². The summed E-state index contributed by atoms with van der Waals surface area (Å²) in [6, 6.07) is 20.0. The fourth-order valence-corrected chi connectivity index (χ4v) is 3.59. The monoisotopic (exact) mass is 390 g/mol. The molecule has 2 N–H and O–H groups in total. The molecule has 3 nitrogen and oxygen atoms in total. The van der Waals surface area contributed by atoms with Gasteiger partial charge in [0, 0.05) is 6.42 Å². The lowest BCUT2D eigenvalue weighted by atomic mass is 9.88. The van der Waals surface area contributed by atoms with Gasteiger partial charge in [-0.15, -0.1) is 0 Å². The first kappa shape index (κ1) is 22.2. The SMILES string of the molecule is C.Cc1cccc(-c2ccc(-c3ccc(O)cc3C(C)C)cc2CCC(=O)O)c1. The number of hydrogen-bond donors (Lipinski definition) is 2. The molecule has 3 heteroatoms. The average Bonchev–Trinajstić information content (AvgIpc) is 2.66. The number of carbonyl (C=O) groups is 1. The molecule has 0 saturated carbocycles. The second-order valence-corrected chi connectivity index (χ2v) is 7.56. The Kier molecular flexibility index (Phi) is 7.22. The zero-order valence-corrected chi connectivity index (χ0v) is 16.6. The van der Waals surface area contributed by atoms with Crippen LogP contribution in [-0.4, -0.2) is 16.2 Å². The molecule has 0 aromatic heterocycles. The fraction of sp³-hybridized carbons (Fsp3) is 0.269. The lowest BCUT2D eigenvalue weighted by molar-refractivity contribution is -0.136. The van der Waals surface area contributed by atoms with Crippen LogP contribution < -0.4 is 0 Å². The molecule has 152 valence electrons. The van der Waals surface area contributed by atoms with Crippen molar-refractivity contribution in [3.63, 3.8) is 0 Å². The number of phenolic OH excluding ortho intramolecular Hbond substituents is 1. The molecule has 3 aromatic carbocycles. The molecule has 0 spiro atoms. The van der Waals surface area contributed by atoms with Gasteiger partial charge in [-0.1, -0.05) is 75.4 Å². The Morgan fingerprint density at radius 3 is 2.28 bits per heavy atom. The summed E-state index contributed by atoms with van der Waals surface area (Å²) in [6.45, 7) is 6.26. The lowest BCUT2D eigenvalue weighted by Crippen LogP contribution is -2.00. The molecule has 0 atom stereocenters. The summed E-state index contributed by atoms with van der Waals surface area (Å²) in [6.07, 6.45) is 0.566. The minimum atomic E-state index is -0.798. The first-order chi connectivity index (χ1) is 13.3. The smallest absolute Gasteiger partial charge is 0.303 e. The maximum atomic E-state index is 11.2. The van der Waals surface area contributed by atoms with Gasteiger partial charge < -0.3 is 10.2 Å². The standard InChI is InChI=1S/C25H26O3.CH4/c1-16(2)24-15-21(26)9-11-23(24)20-7-10-22(18-6-4-5-17(3)13-18)19(14-20)8-12-25(27)28;/h4-7,9-11,13-16,26H,8,12H2,1-3H3,(H,27,28);1H4. The van der Waals surface area contributed by atoms with Gasteiger partial charge in [-0.3, -0.25) is 4.79 Å². The average molecular weight is 391 g/mol. The van der Waals surface area contributed by atoms with Crippen LogP contribution >= 0.6 is 0 Å². The third-order valence-electron chi connectivity index (χ3n) is 5.01. The highest BCUT2D eigenvalue weighted by molar-refractivity contribution is 5.77. The normalized spacial score (nSPS) is 10.6. The van der Waals surface area contributed by atoms with E-state index in [9.17, 15) is 15.0 Å². The Labute approximate surface area is 173 Å². The van der Waals surface area contributed by atoms with E-state index in [0.29, 0.717) is 6.42 Å². The molecular formula is C26H30O3. The van der Waals surface area contributed by atoms with Crippen LogP contribution in [0.15, 0.2) is 60.7 Å². The third-order valence-corrected chi connectivity index (χ3v) is 5.01. The molecule has 0 unspecified atom stereocenters. The number of aromatic hydroxyl groups is 1. The van der Waals surface area contributed by atoms with Crippen LogP contribution in [0.3, 0.4) is 0 Å². The lowest BCUT2D eigenvalue weighted by Gasteiger charge is -2.17. The summed E-state index contributed by atoms with van der Waals surface area (Å²) in [5.41, 5.74) is 7.55. The van der Waals surface area contributed by atoms with E-state index in [2.05, 4.69) is 57.2 Å². The van der Waals surface area contributed by atoms with Crippen molar-refractivity contribution in [3.05, 3.63) is 77.4 Å². The minimum Gasteiger partial charge on any atom is -0.508 e. The summed E-state index contributed by atoms with van der Waals surface area (Å²) in [4.78, 5) is 11.2. The number of hydrogen-bond acceptors (Lipinski definition) is 2. The predicted octanol–water partition coefficient (Wildman–Crippen LogP) is 6.81. The van der Waals surface area contributed by atoms with E-state index in [0.717, 1.165) is 33.4 Å². The highest BCUT2D eigenvalue weighted by Gasteiger charge is 2.14. The first-order valence-electron chi connectivity index (χ1n) is 9.60. The van der Waals surface area contributed by atoms with Crippen molar-refractivity contribution in [2.45, 2.75) is 47.0 Å². The Morgan fingerprint density at radius 1 is 0.931 bits per heavy atom. The maximum absolute atomic E-state index is 11.2. The Hall–Kier alpha value is -3.07. The van der Waals surface area contributed by atoms with Crippen molar-refractivity contribution in [2.24, 2.45) is 0 Å². The van der Waals surface area contributed by atoms with Crippen LogP contribution in [0.2, 0.25) is 0 Å². The predicted molar refractivity (Wildman–Crippen MR) is 120 cm³/mol. The number of phenols is 1. The van der Waals surface area contributed by atoms with E-state index < -0.39 is 5.97 Å². The zero-order chi connectivity index (χ0) is 20.3. The Balaban J connectivity index is 0.00000300. The molecule has 0 aliphatic rings. The molecule has 0 bridgehead atoms. The maximum Gasteiger partial charge on any atom is 0.303 e. The summed E-state index contributed by atoms with van der Waals surface area (Å²) < 4.78 is 0. The number of aryl methyl sites for hydroxylation is 2. The van der Waals surface area contributed by atoms with E-state index in [1.54, 1.807) is 6.07 Å². The molecular weight excluding hydrogens is 360 g/mol. The van der Waals surface area contributed by atoms with Crippen molar-refractivity contribution >= 4 is 5.97 Å². The highest BCUT2D eigenvalue weighted by atomic mass is 16.4. The van der Waals surface area contributed by atoms with Crippen LogP contribution in [0.25, 0.3) is 22.3 Å². The van der Waals surface area contributed by atoms with Gasteiger partial charge in [-0.05, 0) is 64.8 Å². The summed E-state index contributed by atoms with van der Waals surface area (Å²) >= 11 is 0. The molecule has 0 aliphatic carbocycles. The summed E-state index contributed by atoms with van der Waals surface area (Å²) in [5, 5.41) is 19.1.